The van der Waals surface area contributed by atoms with Crippen LogP contribution < -0.4 is 0 Å². The highest BCUT2D eigenvalue weighted by Crippen LogP contribution is 2.25. The Balaban J connectivity index is 1.93. The summed E-state index contributed by atoms with van der Waals surface area (Å²) in [6.07, 6.45) is 0.844. The number of carbonyl (C=O) groups is 1. The van der Waals surface area contributed by atoms with Crippen molar-refractivity contribution in [1.29, 1.82) is 0 Å². The van der Waals surface area contributed by atoms with E-state index in [1.54, 1.807) is 0 Å². The molecule has 5 nitrogen and oxygen atoms in total. The van der Waals surface area contributed by atoms with Gasteiger partial charge >= 0.3 is 6.09 Å². The Morgan fingerprint density at radius 2 is 1.84 bits per heavy atom. The lowest BCUT2D eigenvalue weighted by atomic mass is 10.1. The van der Waals surface area contributed by atoms with Gasteiger partial charge < -0.3 is 14.4 Å². The van der Waals surface area contributed by atoms with Gasteiger partial charge in [0.25, 0.3) is 0 Å². The molecule has 0 aromatic carbocycles. The Hall–Kier alpha value is -0.810. The van der Waals surface area contributed by atoms with E-state index in [1.807, 2.05) is 25.7 Å². The topological polar surface area (TPSA) is 42.0 Å². The fraction of sp³-hybridized carbons (Fsp3) is 0.929. The van der Waals surface area contributed by atoms with E-state index in [2.05, 4.69) is 11.8 Å². The third-order valence-corrected chi connectivity index (χ3v) is 3.86. The van der Waals surface area contributed by atoms with Crippen molar-refractivity contribution in [2.45, 2.75) is 51.8 Å². The van der Waals surface area contributed by atoms with E-state index >= 15 is 0 Å². The summed E-state index contributed by atoms with van der Waals surface area (Å²) < 4.78 is 10.9. The first-order valence-corrected chi connectivity index (χ1v) is 7.20. The standard InChI is InChI=1S/C14H26N2O3/c1-11-12(15-7-9-18-10-8-15)5-6-16(11)13(17)19-14(2,3)4/h11-12H,5-10H2,1-4H3/t11-,12-/m0/s1. The van der Waals surface area contributed by atoms with Crippen LogP contribution in [-0.2, 0) is 9.47 Å². The molecule has 0 aromatic rings. The molecular weight excluding hydrogens is 244 g/mol. The van der Waals surface area contributed by atoms with E-state index in [0.717, 1.165) is 39.3 Å². The molecule has 1 amide bonds. The van der Waals surface area contributed by atoms with Gasteiger partial charge in [0, 0.05) is 31.7 Å². The summed E-state index contributed by atoms with van der Waals surface area (Å²) in [6.45, 7) is 12.2. The van der Waals surface area contributed by atoms with Crippen molar-refractivity contribution in [2.24, 2.45) is 0 Å². The minimum absolute atomic E-state index is 0.184. The predicted molar refractivity (Wildman–Crippen MR) is 73.2 cm³/mol. The second-order valence-corrected chi connectivity index (χ2v) is 6.42. The van der Waals surface area contributed by atoms with E-state index in [9.17, 15) is 4.79 Å². The summed E-state index contributed by atoms with van der Waals surface area (Å²) in [7, 11) is 0. The molecule has 0 aromatic heterocycles. The third-order valence-electron chi connectivity index (χ3n) is 3.86. The Labute approximate surface area is 115 Å². The lowest BCUT2D eigenvalue weighted by molar-refractivity contribution is 0.00166. The first kappa shape index (κ1) is 14.6. The number of rotatable bonds is 1. The van der Waals surface area contributed by atoms with Crippen LogP contribution in [0.3, 0.4) is 0 Å². The van der Waals surface area contributed by atoms with Gasteiger partial charge in [0.1, 0.15) is 5.60 Å². The van der Waals surface area contributed by atoms with Crippen molar-refractivity contribution < 1.29 is 14.3 Å². The molecule has 2 heterocycles. The summed E-state index contributed by atoms with van der Waals surface area (Å²) in [5.74, 6) is 0. The average molecular weight is 270 g/mol. The molecule has 2 saturated heterocycles. The molecule has 0 saturated carbocycles. The van der Waals surface area contributed by atoms with Crippen LogP contribution in [-0.4, -0.2) is 66.4 Å². The Morgan fingerprint density at radius 1 is 1.21 bits per heavy atom. The van der Waals surface area contributed by atoms with Crippen molar-refractivity contribution >= 4 is 6.09 Å². The van der Waals surface area contributed by atoms with E-state index in [0.29, 0.717) is 6.04 Å². The van der Waals surface area contributed by atoms with Gasteiger partial charge in [-0.2, -0.15) is 0 Å². The molecule has 0 spiro atoms. The van der Waals surface area contributed by atoms with Gasteiger partial charge in [-0.25, -0.2) is 4.79 Å². The maximum absolute atomic E-state index is 12.2. The van der Waals surface area contributed by atoms with E-state index in [-0.39, 0.29) is 12.1 Å². The van der Waals surface area contributed by atoms with Crippen LogP contribution in [0.1, 0.15) is 34.1 Å². The second kappa shape index (κ2) is 5.67. The third kappa shape index (κ3) is 3.60. The lowest BCUT2D eigenvalue weighted by Crippen LogP contribution is -2.50. The molecule has 19 heavy (non-hydrogen) atoms. The van der Waals surface area contributed by atoms with Crippen LogP contribution >= 0.6 is 0 Å². The van der Waals surface area contributed by atoms with Crippen LogP contribution in [0.15, 0.2) is 0 Å². The Bertz CT molecular complexity index is 321. The average Bonchev–Trinajstić information content (AvgIpc) is 2.70. The number of likely N-dealkylation sites (tertiary alicyclic amines) is 1. The minimum Gasteiger partial charge on any atom is -0.444 e. The number of hydrogen-bond acceptors (Lipinski definition) is 4. The number of morpholine rings is 1. The normalized spacial score (nSPS) is 29.6. The Kier molecular flexibility index (Phi) is 4.36. The van der Waals surface area contributed by atoms with Crippen molar-refractivity contribution in [1.82, 2.24) is 9.80 Å². The molecule has 0 unspecified atom stereocenters. The Morgan fingerprint density at radius 3 is 2.42 bits per heavy atom. The largest absolute Gasteiger partial charge is 0.444 e. The SMILES string of the molecule is C[C@H]1[C@@H](N2CCOCC2)CCN1C(=O)OC(C)(C)C. The maximum Gasteiger partial charge on any atom is 0.410 e. The zero-order chi connectivity index (χ0) is 14.0. The molecule has 110 valence electrons. The maximum atomic E-state index is 12.2. The highest BCUT2D eigenvalue weighted by molar-refractivity contribution is 5.69. The number of hydrogen-bond donors (Lipinski definition) is 0. The molecule has 2 aliphatic heterocycles. The van der Waals surface area contributed by atoms with Crippen molar-refractivity contribution in [3.05, 3.63) is 0 Å². The number of nitrogens with zero attached hydrogens (tertiary/aromatic N) is 2. The van der Waals surface area contributed by atoms with Crippen molar-refractivity contribution in [3.8, 4) is 0 Å². The smallest absolute Gasteiger partial charge is 0.410 e. The van der Waals surface area contributed by atoms with Crippen LogP contribution in [0.5, 0.6) is 0 Å². The molecule has 2 atom stereocenters. The van der Waals surface area contributed by atoms with E-state index in [1.165, 1.54) is 0 Å². The van der Waals surface area contributed by atoms with Crippen molar-refractivity contribution in [2.75, 3.05) is 32.8 Å². The molecule has 2 aliphatic rings. The monoisotopic (exact) mass is 270 g/mol. The zero-order valence-electron chi connectivity index (χ0n) is 12.5. The molecule has 0 N–H and O–H groups in total. The summed E-state index contributed by atoms with van der Waals surface area (Å²) in [4.78, 5) is 16.5. The quantitative estimate of drug-likeness (QED) is 0.727. The first-order chi connectivity index (χ1) is 8.88. The van der Waals surface area contributed by atoms with Gasteiger partial charge in [0.15, 0.2) is 0 Å². The summed E-state index contributed by atoms with van der Waals surface area (Å²) >= 11 is 0. The molecule has 2 fully saturated rings. The molecule has 0 radical (unpaired) electrons. The van der Waals surface area contributed by atoms with Gasteiger partial charge in [-0.15, -0.1) is 0 Å². The van der Waals surface area contributed by atoms with Crippen molar-refractivity contribution in [3.63, 3.8) is 0 Å². The van der Waals surface area contributed by atoms with Gasteiger partial charge in [-0.3, -0.25) is 4.90 Å². The summed E-state index contributed by atoms with van der Waals surface area (Å²) in [5.41, 5.74) is -0.423. The van der Waals surface area contributed by atoms with Crippen LogP contribution in [0.25, 0.3) is 0 Å². The highest BCUT2D eigenvalue weighted by Gasteiger charge is 2.39. The van der Waals surface area contributed by atoms with Gasteiger partial charge in [-0.05, 0) is 34.1 Å². The minimum atomic E-state index is -0.423. The fourth-order valence-corrected chi connectivity index (χ4v) is 2.90. The van der Waals surface area contributed by atoms with E-state index in [4.69, 9.17) is 9.47 Å². The second-order valence-electron chi connectivity index (χ2n) is 6.42. The molecule has 0 bridgehead atoms. The van der Waals surface area contributed by atoms with Crippen LogP contribution in [0.4, 0.5) is 4.79 Å². The summed E-state index contributed by atoms with van der Waals surface area (Å²) in [6, 6.07) is 0.657. The fourth-order valence-electron chi connectivity index (χ4n) is 2.90. The van der Waals surface area contributed by atoms with Crippen LogP contribution in [0, 0.1) is 0 Å². The molecule has 5 heteroatoms. The summed E-state index contributed by atoms with van der Waals surface area (Å²) in [5, 5.41) is 0. The number of ether oxygens (including phenoxy) is 2. The van der Waals surface area contributed by atoms with E-state index < -0.39 is 5.60 Å². The molecule has 2 rings (SSSR count). The van der Waals surface area contributed by atoms with Crippen LogP contribution in [0.2, 0.25) is 0 Å². The van der Waals surface area contributed by atoms with Gasteiger partial charge in [0.2, 0.25) is 0 Å². The zero-order valence-corrected chi connectivity index (χ0v) is 12.5. The molecular formula is C14H26N2O3. The van der Waals surface area contributed by atoms with Gasteiger partial charge in [-0.1, -0.05) is 0 Å². The number of carbonyl (C=O) groups excluding carboxylic acids is 1. The first-order valence-electron chi connectivity index (χ1n) is 7.20. The highest BCUT2D eigenvalue weighted by atomic mass is 16.6. The molecule has 0 aliphatic carbocycles. The van der Waals surface area contributed by atoms with Gasteiger partial charge in [0.05, 0.1) is 13.2 Å². The lowest BCUT2D eigenvalue weighted by Gasteiger charge is -2.36. The number of amides is 1. The predicted octanol–water partition coefficient (Wildman–Crippen LogP) is 1.72.